The smallest absolute Gasteiger partial charge is 0.252 e. The minimum atomic E-state index is -3.45. The first-order valence-corrected chi connectivity index (χ1v) is 11.5. The van der Waals surface area contributed by atoms with Crippen LogP contribution in [0.15, 0.2) is 52.9 Å². The minimum absolute atomic E-state index is 0.132. The molecule has 0 aliphatic carbocycles. The van der Waals surface area contributed by atoms with Gasteiger partial charge in [-0.3, -0.25) is 9.78 Å². The lowest BCUT2D eigenvalue weighted by Crippen LogP contribution is -2.35. The zero-order valence-corrected chi connectivity index (χ0v) is 16.9. The van der Waals surface area contributed by atoms with Crippen LogP contribution in [0.2, 0.25) is 0 Å². The molecule has 8 heteroatoms. The number of anilines is 1. The first-order valence-electron chi connectivity index (χ1n) is 9.26. The Labute approximate surface area is 168 Å². The predicted molar refractivity (Wildman–Crippen MR) is 111 cm³/mol. The second-order valence-corrected chi connectivity index (χ2v) is 10.2. The van der Waals surface area contributed by atoms with Crippen molar-refractivity contribution < 1.29 is 13.2 Å². The highest BCUT2D eigenvalue weighted by molar-refractivity contribution is 7.91. The fourth-order valence-electron chi connectivity index (χ4n) is 3.33. The molecule has 0 bridgehead atoms. The number of sulfonamides is 1. The molecule has 0 spiro atoms. The molecule has 0 saturated carbocycles. The van der Waals surface area contributed by atoms with Crippen molar-refractivity contribution >= 4 is 43.9 Å². The molecule has 1 fully saturated rings. The SMILES string of the molecule is O=C(Cc1ccc(S(=O)(=O)N2CCCCC2)s1)Nc1cnc2ccccc2c1. The second kappa shape index (κ2) is 7.98. The van der Waals surface area contributed by atoms with Crippen LogP contribution in [0, 0.1) is 0 Å². The quantitative estimate of drug-likeness (QED) is 0.690. The van der Waals surface area contributed by atoms with Gasteiger partial charge in [0, 0.05) is 23.4 Å². The van der Waals surface area contributed by atoms with E-state index in [1.54, 1.807) is 22.6 Å². The van der Waals surface area contributed by atoms with Crippen LogP contribution in [0.4, 0.5) is 5.69 Å². The fourth-order valence-corrected chi connectivity index (χ4v) is 6.35. The van der Waals surface area contributed by atoms with Crippen molar-refractivity contribution in [1.29, 1.82) is 0 Å². The lowest BCUT2D eigenvalue weighted by Gasteiger charge is -2.25. The number of aromatic nitrogens is 1. The van der Waals surface area contributed by atoms with Gasteiger partial charge in [-0.25, -0.2) is 8.42 Å². The maximum absolute atomic E-state index is 12.7. The number of fused-ring (bicyclic) bond motifs is 1. The van der Waals surface area contributed by atoms with Gasteiger partial charge in [0.05, 0.1) is 23.8 Å². The molecule has 3 heterocycles. The largest absolute Gasteiger partial charge is 0.324 e. The highest BCUT2D eigenvalue weighted by Crippen LogP contribution is 2.27. The van der Waals surface area contributed by atoms with Crippen molar-refractivity contribution in [3.63, 3.8) is 0 Å². The molecule has 1 aliphatic rings. The number of benzene rings is 1. The number of pyridine rings is 1. The van der Waals surface area contributed by atoms with Gasteiger partial charge in [-0.2, -0.15) is 4.31 Å². The summed E-state index contributed by atoms with van der Waals surface area (Å²) in [7, 11) is -3.45. The summed E-state index contributed by atoms with van der Waals surface area (Å²) < 4.78 is 27.3. The molecule has 1 aliphatic heterocycles. The van der Waals surface area contributed by atoms with Crippen LogP contribution in [0.5, 0.6) is 0 Å². The number of amides is 1. The van der Waals surface area contributed by atoms with Crippen molar-refractivity contribution in [2.75, 3.05) is 18.4 Å². The molecule has 1 N–H and O–H groups in total. The summed E-state index contributed by atoms with van der Waals surface area (Å²) in [4.78, 5) is 17.4. The normalized spacial score (nSPS) is 15.6. The number of thiophene rings is 1. The van der Waals surface area contributed by atoms with E-state index in [0.717, 1.165) is 35.0 Å². The number of hydrogen-bond donors (Lipinski definition) is 1. The summed E-state index contributed by atoms with van der Waals surface area (Å²) in [5.41, 5.74) is 1.49. The zero-order valence-electron chi connectivity index (χ0n) is 15.3. The Hall–Kier alpha value is -2.29. The first kappa shape index (κ1) is 19.0. The Kier molecular flexibility index (Phi) is 5.43. The molecule has 3 aromatic rings. The van der Waals surface area contributed by atoms with Crippen molar-refractivity contribution in [2.45, 2.75) is 29.9 Å². The highest BCUT2D eigenvalue weighted by atomic mass is 32.2. The average molecular weight is 416 g/mol. The number of para-hydroxylation sites is 1. The van der Waals surface area contributed by atoms with Gasteiger partial charge < -0.3 is 5.32 Å². The Morgan fingerprint density at radius 1 is 1.11 bits per heavy atom. The fraction of sp³-hybridized carbons (Fsp3) is 0.300. The molecule has 0 atom stereocenters. The summed E-state index contributed by atoms with van der Waals surface area (Å²) in [5.74, 6) is -0.194. The Morgan fingerprint density at radius 3 is 2.71 bits per heavy atom. The van der Waals surface area contributed by atoms with Crippen molar-refractivity contribution in [3.8, 4) is 0 Å². The highest BCUT2D eigenvalue weighted by Gasteiger charge is 2.27. The van der Waals surface area contributed by atoms with Gasteiger partial charge in [0.2, 0.25) is 5.91 Å². The minimum Gasteiger partial charge on any atom is -0.324 e. The lowest BCUT2D eigenvalue weighted by molar-refractivity contribution is -0.115. The van der Waals surface area contributed by atoms with Crippen LogP contribution < -0.4 is 5.32 Å². The van der Waals surface area contributed by atoms with E-state index in [9.17, 15) is 13.2 Å². The Morgan fingerprint density at radius 2 is 1.89 bits per heavy atom. The molecular weight excluding hydrogens is 394 g/mol. The molecule has 0 radical (unpaired) electrons. The van der Waals surface area contributed by atoms with Crippen molar-refractivity contribution in [3.05, 3.63) is 53.5 Å². The molecule has 4 rings (SSSR count). The Balaban J connectivity index is 1.43. The summed E-state index contributed by atoms with van der Waals surface area (Å²) in [5, 5.41) is 3.79. The topological polar surface area (TPSA) is 79.4 Å². The summed E-state index contributed by atoms with van der Waals surface area (Å²) in [6.45, 7) is 1.15. The number of nitrogens with one attached hydrogen (secondary N) is 1. The van der Waals surface area contributed by atoms with Crippen LogP contribution in [-0.2, 0) is 21.2 Å². The third kappa shape index (κ3) is 4.09. The van der Waals surface area contributed by atoms with Crippen LogP contribution in [0.25, 0.3) is 10.9 Å². The number of nitrogens with zero attached hydrogens (tertiary/aromatic N) is 2. The molecule has 2 aromatic heterocycles. The van der Waals surface area contributed by atoms with E-state index in [1.807, 2.05) is 30.3 Å². The van der Waals surface area contributed by atoms with Crippen LogP contribution >= 0.6 is 11.3 Å². The molecule has 146 valence electrons. The number of rotatable bonds is 5. The molecule has 0 unspecified atom stereocenters. The van der Waals surface area contributed by atoms with E-state index in [4.69, 9.17) is 0 Å². The second-order valence-electron chi connectivity index (χ2n) is 6.83. The van der Waals surface area contributed by atoms with E-state index >= 15 is 0 Å². The summed E-state index contributed by atoms with van der Waals surface area (Å²) in [6.07, 6.45) is 4.64. The van der Waals surface area contributed by atoms with Gasteiger partial charge in [0.25, 0.3) is 10.0 Å². The summed E-state index contributed by atoms with van der Waals surface area (Å²) >= 11 is 1.17. The van der Waals surface area contributed by atoms with Crippen LogP contribution in [-0.4, -0.2) is 36.7 Å². The average Bonchev–Trinajstić information content (AvgIpc) is 3.18. The van der Waals surface area contributed by atoms with Gasteiger partial charge in [-0.05, 0) is 37.1 Å². The predicted octanol–water partition coefficient (Wildman–Crippen LogP) is 3.65. The van der Waals surface area contributed by atoms with Gasteiger partial charge in [-0.15, -0.1) is 11.3 Å². The zero-order chi connectivity index (χ0) is 19.6. The maximum Gasteiger partial charge on any atom is 0.252 e. The lowest BCUT2D eigenvalue weighted by atomic mass is 10.2. The van der Waals surface area contributed by atoms with E-state index in [1.165, 1.54) is 11.3 Å². The first-order chi connectivity index (χ1) is 13.5. The number of piperidine rings is 1. The molecule has 6 nitrogen and oxygen atoms in total. The molecule has 28 heavy (non-hydrogen) atoms. The monoisotopic (exact) mass is 415 g/mol. The molecule has 1 amide bonds. The van der Waals surface area contributed by atoms with Crippen molar-refractivity contribution in [1.82, 2.24) is 9.29 Å². The van der Waals surface area contributed by atoms with Gasteiger partial charge in [0.15, 0.2) is 0 Å². The van der Waals surface area contributed by atoms with Crippen LogP contribution in [0.3, 0.4) is 0 Å². The standard InChI is InChI=1S/C20H21N3O3S2/c24-19(22-16-12-15-6-2-3-7-18(15)21-14-16)13-17-8-9-20(27-17)28(25,26)23-10-4-1-5-11-23/h2-3,6-9,12,14H,1,4-5,10-11,13H2,(H,22,24). The van der Waals surface area contributed by atoms with Gasteiger partial charge >= 0.3 is 0 Å². The number of carbonyl (C=O) groups excluding carboxylic acids is 1. The molecule has 1 saturated heterocycles. The third-order valence-corrected chi connectivity index (χ3v) is 8.21. The van der Waals surface area contributed by atoms with E-state index < -0.39 is 10.0 Å². The summed E-state index contributed by atoms with van der Waals surface area (Å²) in [6, 6.07) is 12.9. The van der Waals surface area contributed by atoms with Gasteiger partial charge in [0.1, 0.15) is 4.21 Å². The Bertz CT molecular complexity index is 1100. The van der Waals surface area contributed by atoms with Crippen LogP contribution in [0.1, 0.15) is 24.1 Å². The molecular formula is C20H21N3O3S2. The third-order valence-electron chi connectivity index (χ3n) is 4.76. The van der Waals surface area contributed by atoms with Crippen molar-refractivity contribution in [2.24, 2.45) is 0 Å². The van der Waals surface area contributed by atoms with E-state index in [-0.39, 0.29) is 12.3 Å². The number of hydrogen-bond acceptors (Lipinski definition) is 5. The van der Waals surface area contributed by atoms with E-state index in [2.05, 4.69) is 10.3 Å². The van der Waals surface area contributed by atoms with Gasteiger partial charge in [-0.1, -0.05) is 24.6 Å². The van der Waals surface area contributed by atoms with E-state index in [0.29, 0.717) is 23.0 Å². The maximum atomic E-state index is 12.7. The molecule has 1 aromatic carbocycles. The number of carbonyl (C=O) groups is 1.